The molecule has 4 heterocycles. The van der Waals surface area contributed by atoms with Crippen LogP contribution in [0, 0.1) is 11.8 Å². The van der Waals surface area contributed by atoms with E-state index < -0.39 is 35.9 Å². The molecular formula is C26H45F2N7O2. The van der Waals surface area contributed by atoms with Crippen molar-refractivity contribution in [1.82, 2.24) is 30.7 Å². The maximum Gasteiger partial charge on any atom is 0.227 e. The monoisotopic (exact) mass is 525 g/mol. The van der Waals surface area contributed by atoms with E-state index in [1.54, 1.807) is 25.1 Å². The summed E-state index contributed by atoms with van der Waals surface area (Å²) in [5, 5.41) is 9.63. The molecule has 37 heavy (non-hydrogen) atoms. The SMILES string of the molecule is CC1C(C(=O)NC2CNCC(F)C2N2CCC(C(=O)N(C)C)CC2)C(N)NC2CC=C(F)CN1C2(C)C. The summed E-state index contributed by atoms with van der Waals surface area (Å²) in [6, 6.07) is -1.36. The molecule has 5 N–H and O–H groups in total. The van der Waals surface area contributed by atoms with Crippen molar-refractivity contribution in [3.63, 3.8) is 0 Å². The molecule has 2 amide bonds. The van der Waals surface area contributed by atoms with Crippen molar-refractivity contribution in [2.75, 3.05) is 46.8 Å². The summed E-state index contributed by atoms with van der Waals surface area (Å²) in [4.78, 5) is 31.9. The van der Waals surface area contributed by atoms with E-state index >= 15 is 4.39 Å². The second-order valence-electron chi connectivity index (χ2n) is 12.0. The third-order valence-corrected chi connectivity index (χ3v) is 9.14. The van der Waals surface area contributed by atoms with E-state index in [2.05, 4.69) is 34.7 Å². The first-order valence-corrected chi connectivity index (χ1v) is 13.6. The van der Waals surface area contributed by atoms with Crippen LogP contribution in [0.2, 0.25) is 0 Å². The van der Waals surface area contributed by atoms with Crippen molar-refractivity contribution < 1.29 is 18.4 Å². The summed E-state index contributed by atoms with van der Waals surface area (Å²) < 4.78 is 29.9. The zero-order valence-corrected chi connectivity index (χ0v) is 22.8. The lowest BCUT2D eigenvalue weighted by atomic mass is 9.88. The summed E-state index contributed by atoms with van der Waals surface area (Å²) >= 11 is 0. The molecule has 0 radical (unpaired) electrons. The molecule has 8 atom stereocenters. The summed E-state index contributed by atoms with van der Waals surface area (Å²) in [6.45, 7) is 8.06. The fraction of sp³-hybridized carbons (Fsp3) is 0.846. The van der Waals surface area contributed by atoms with Crippen molar-refractivity contribution in [3.8, 4) is 0 Å². The normalized spacial score (nSPS) is 39.2. The van der Waals surface area contributed by atoms with Gasteiger partial charge in [-0.2, -0.15) is 0 Å². The van der Waals surface area contributed by atoms with Gasteiger partial charge in [0.2, 0.25) is 11.8 Å². The van der Waals surface area contributed by atoms with Crippen LogP contribution in [-0.2, 0) is 9.59 Å². The number of nitrogens with one attached hydrogen (secondary N) is 3. The molecule has 0 aromatic rings. The number of halogens is 2. The topological polar surface area (TPSA) is 106 Å². The van der Waals surface area contributed by atoms with Crippen LogP contribution in [0.25, 0.3) is 0 Å². The first-order valence-electron chi connectivity index (χ1n) is 13.6. The molecule has 0 spiro atoms. The maximum atomic E-state index is 15.3. The third-order valence-electron chi connectivity index (χ3n) is 9.14. The highest BCUT2D eigenvalue weighted by atomic mass is 19.1. The van der Waals surface area contributed by atoms with Gasteiger partial charge in [-0.05, 0) is 59.2 Å². The van der Waals surface area contributed by atoms with Crippen LogP contribution in [0.4, 0.5) is 8.78 Å². The van der Waals surface area contributed by atoms with Gasteiger partial charge in [0.25, 0.3) is 0 Å². The number of nitrogens with zero attached hydrogens (tertiary/aromatic N) is 3. The molecule has 0 aromatic carbocycles. The molecule has 210 valence electrons. The Bertz CT molecular complexity index is 877. The Kier molecular flexibility index (Phi) is 8.59. The molecule has 11 heteroatoms. The van der Waals surface area contributed by atoms with Crippen molar-refractivity contribution >= 4 is 11.8 Å². The van der Waals surface area contributed by atoms with Crippen LogP contribution in [0.1, 0.15) is 40.0 Å². The van der Waals surface area contributed by atoms with Gasteiger partial charge in [-0.1, -0.05) is 0 Å². The van der Waals surface area contributed by atoms with Crippen LogP contribution in [0.15, 0.2) is 11.9 Å². The predicted octanol–water partition coefficient (Wildman–Crippen LogP) is 0.180. The van der Waals surface area contributed by atoms with Crippen LogP contribution in [0.3, 0.4) is 0 Å². The summed E-state index contributed by atoms with van der Waals surface area (Å²) in [7, 11) is 3.52. The summed E-state index contributed by atoms with van der Waals surface area (Å²) in [5.74, 6) is -1.03. The minimum atomic E-state index is -1.15. The van der Waals surface area contributed by atoms with Gasteiger partial charge in [-0.3, -0.25) is 24.7 Å². The first-order chi connectivity index (χ1) is 17.4. The molecule has 0 aromatic heterocycles. The minimum absolute atomic E-state index is 0.0507. The molecule has 4 aliphatic heterocycles. The van der Waals surface area contributed by atoms with E-state index in [0.29, 0.717) is 38.9 Å². The lowest BCUT2D eigenvalue weighted by Gasteiger charge is -2.46. The fourth-order valence-corrected chi connectivity index (χ4v) is 6.90. The van der Waals surface area contributed by atoms with E-state index in [9.17, 15) is 14.0 Å². The summed E-state index contributed by atoms with van der Waals surface area (Å²) in [5.41, 5.74) is 6.15. The quantitative estimate of drug-likeness (QED) is 0.415. The van der Waals surface area contributed by atoms with Gasteiger partial charge in [0.05, 0.1) is 30.7 Å². The Balaban J connectivity index is 1.49. The van der Waals surface area contributed by atoms with E-state index in [-0.39, 0.29) is 48.7 Å². The van der Waals surface area contributed by atoms with Gasteiger partial charge < -0.3 is 21.3 Å². The number of amides is 2. The lowest BCUT2D eigenvalue weighted by Crippen LogP contribution is -2.67. The maximum absolute atomic E-state index is 15.3. The molecular weight excluding hydrogens is 480 g/mol. The lowest BCUT2D eigenvalue weighted by molar-refractivity contribution is -0.134. The number of hydrogen-bond acceptors (Lipinski definition) is 7. The number of likely N-dealkylation sites (tertiary alicyclic amines) is 1. The van der Waals surface area contributed by atoms with Crippen LogP contribution < -0.4 is 21.7 Å². The number of carbonyl (C=O) groups excluding carboxylic acids is 2. The van der Waals surface area contributed by atoms with Gasteiger partial charge in [-0.15, -0.1) is 0 Å². The molecule has 8 unspecified atom stereocenters. The Morgan fingerprint density at radius 1 is 1.22 bits per heavy atom. The second-order valence-corrected chi connectivity index (χ2v) is 12.0. The molecule has 0 saturated carbocycles. The van der Waals surface area contributed by atoms with Gasteiger partial charge in [0, 0.05) is 50.7 Å². The minimum Gasteiger partial charge on any atom is -0.350 e. The molecule has 3 fully saturated rings. The highest BCUT2D eigenvalue weighted by Gasteiger charge is 2.50. The standard InChI is InChI=1S/C26H45F2N7O2/c1-15-21(23(29)32-20-7-6-17(27)14-35(15)26(20,2)3)24(36)31-19-13-30-12-18(28)22(19)34-10-8-16(9-11-34)25(37)33(4)5/h6,15-16,18-23,30,32H,7-14,29H2,1-5H3,(H,31,36). The number of carbonyl (C=O) groups is 2. The third kappa shape index (κ3) is 5.71. The van der Waals surface area contributed by atoms with Gasteiger partial charge in [0.15, 0.2) is 0 Å². The molecule has 2 bridgehead atoms. The summed E-state index contributed by atoms with van der Waals surface area (Å²) in [6.07, 6.45) is 1.68. The molecule has 9 nitrogen and oxygen atoms in total. The number of rotatable bonds is 4. The number of hydrogen-bond donors (Lipinski definition) is 4. The van der Waals surface area contributed by atoms with Gasteiger partial charge >= 0.3 is 0 Å². The smallest absolute Gasteiger partial charge is 0.227 e. The van der Waals surface area contributed by atoms with Crippen molar-refractivity contribution in [1.29, 1.82) is 0 Å². The second kappa shape index (κ2) is 11.2. The Morgan fingerprint density at radius 2 is 1.89 bits per heavy atom. The van der Waals surface area contributed by atoms with E-state index in [1.165, 1.54) is 0 Å². The van der Waals surface area contributed by atoms with Crippen molar-refractivity contribution in [2.45, 2.75) is 82.1 Å². The Morgan fingerprint density at radius 3 is 2.54 bits per heavy atom. The average Bonchev–Trinajstić information content (AvgIpc) is 2.98. The number of piperidine rings is 2. The van der Waals surface area contributed by atoms with Crippen molar-refractivity contribution in [3.05, 3.63) is 11.9 Å². The number of alkyl halides is 1. The fourth-order valence-electron chi connectivity index (χ4n) is 6.90. The number of fused-ring (bicyclic) bond motifs is 2. The highest BCUT2D eigenvalue weighted by molar-refractivity contribution is 5.81. The van der Waals surface area contributed by atoms with Gasteiger partial charge in [0.1, 0.15) is 12.0 Å². The highest BCUT2D eigenvalue weighted by Crippen LogP contribution is 2.35. The van der Waals surface area contributed by atoms with E-state index in [4.69, 9.17) is 5.73 Å². The Hall–Kier alpha value is -1.66. The zero-order valence-electron chi connectivity index (χ0n) is 22.8. The van der Waals surface area contributed by atoms with E-state index in [0.717, 1.165) is 0 Å². The molecule has 0 aliphatic carbocycles. The van der Waals surface area contributed by atoms with Crippen LogP contribution in [0.5, 0.6) is 0 Å². The largest absolute Gasteiger partial charge is 0.350 e. The molecule has 3 saturated heterocycles. The van der Waals surface area contributed by atoms with Gasteiger partial charge in [-0.25, -0.2) is 8.78 Å². The van der Waals surface area contributed by atoms with E-state index in [1.807, 2.05) is 11.8 Å². The van der Waals surface area contributed by atoms with Crippen molar-refractivity contribution in [2.24, 2.45) is 17.6 Å². The number of nitrogens with two attached hydrogens (primary N) is 1. The average molecular weight is 526 g/mol. The first kappa shape index (κ1) is 28.4. The predicted molar refractivity (Wildman–Crippen MR) is 139 cm³/mol. The zero-order chi connectivity index (χ0) is 27.1. The van der Waals surface area contributed by atoms with Crippen LogP contribution in [-0.4, -0.2) is 115 Å². The molecule has 4 aliphatic rings. The molecule has 4 rings (SSSR count). The van der Waals surface area contributed by atoms with Crippen LogP contribution >= 0.6 is 0 Å². The Labute approximate surface area is 219 Å².